The molecule has 2 fully saturated rings. The van der Waals surface area contributed by atoms with Gasteiger partial charge in [-0.05, 0) is 45.4 Å². The number of pyridine rings is 1. The Bertz CT molecular complexity index is 1720. The maximum absolute atomic E-state index is 13.6. The Morgan fingerprint density at radius 3 is 2.75 bits per heavy atom. The summed E-state index contributed by atoms with van der Waals surface area (Å²) in [6.45, 7) is 18.2. The van der Waals surface area contributed by atoms with Crippen LogP contribution in [0.2, 0.25) is 5.02 Å². The molecule has 0 spiro atoms. The summed E-state index contributed by atoms with van der Waals surface area (Å²) in [5.41, 5.74) is 2.75. The van der Waals surface area contributed by atoms with E-state index in [0.717, 1.165) is 33.5 Å². The summed E-state index contributed by atoms with van der Waals surface area (Å²) < 4.78 is 33.4. The second kappa shape index (κ2) is 13.8. The highest BCUT2D eigenvalue weighted by molar-refractivity contribution is 6.36. The fourth-order valence-corrected chi connectivity index (χ4v) is 7.42. The lowest BCUT2D eigenvalue weighted by Gasteiger charge is -2.43. The Labute approximate surface area is 285 Å². The Kier molecular flexibility index (Phi) is 9.72. The number of amides is 1. The molecular formula is C35H41ClF2N8O2. The van der Waals surface area contributed by atoms with Crippen molar-refractivity contribution >= 4 is 39.8 Å². The van der Waals surface area contributed by atoms with Crippen molar-refractivity contribution in [2.75, 3.05) is 56.2 Å². The standard InChI is InChI=1S/C35H41ClF2N8O2/c1-6-31(47)46-13-12-45(19-26(46)17-39-4)33-27-10-11-44(30-18-40-16-24-8-7-9-28(36)32(24)30)20-29(27)41-34(42-33)48-21-22(2)43(5)23(3)25-14-35(37,38)15-25/h6-9,16,18,22-23,25-26H,1,10-15,17,19-21H2,2-3,5H3/t22-,23-,26+/m1/s1. The van der Waals surface area contributed by atoms with Gasteiger partial charge < -0.3 is 24.3 Å². The average Bonchev–Trinajstić information content (AvgIpc) is 3.07. The number of alkyl halides is 2. The first-order chi connectivity index (χ1) is 23.0. The predicted molar refractivity (Wildman–Crippen MR) is 183 cm³/mol. The van der Waals surface area contributed by atoms with Gasteiger partial charge >= 0.3 is 6.01 Å². The van der Waals surface area contributed by atoms with Crippen LogP contribution in [0.25, 0.3) is 15.6 Å². The molecule has 13 heteroatoms. The van der Waals surface area contributed by atoms with Crippen LogP contribution in [0.15, 0.2) is 43.2 Å². The molecular weight excluding hydrogens is 638 g/mol. The summed E-state index contributed by atoms with van der Waals surface area (Å²) in [6.07, 6.45) is 5.42. The number of carbonyl (C=O) groups excluding carboxylic acids is 1. The third kappa shape index (κ3) is 6.76. The number of hydrogen-bond donors (Lipinski definition) is 0. The number of anilines is 2. The number of rotatable bonds is 10. The van der Waals surface area contributed by atoms with E-state index in [0.29, 0.717) is 44.2 Å². The van der Waals surface area contributed by atoms with E-state index in [1.54, 1.807) is 11.1 Å². The van der Waals surface area contributed by atoms with Crippen LogP contribution < -0.4 is 14.5 Å². The van der Waals surface area contributed by atoms with Crippen molar-refractivity contribution < 1.29 is 18.3 Å². The molecule has 6 rings (SSSR count). The van der Waals surface area contributed by atoms with Crippen LogP contribution >= 0.6 is 11.6 Å². The molecule has 0 radical (unpaired) electrons. The Balaban J connectivity index is 1.29. The summed E-state index contributed by atoms with van der Waals surface area (Å²) in [6, 6.07) is 5.61. The number of nitrogens with zero attached hydrogens (tertiary/aromatic N) is 8. The van der Waals surface area contributed by atoms with Gasteiger partial charge in [-0.2, -0.15) is 9.97 Å². The first-order valence-corrected chi connectivity index (χ1v) is 16.8. The minimum Gasteiger partial charge on any atom is -0.462 e. The van der Waals surface area contributed by atoms with Crippen LogP contribution in [-0.4, -0.2) is 101 Å². The maximum Gasteiger partial charge on any atom is 0.318 e. The number of ether oxygens (including phenoxy) is 1. The van der Waals surface area contributed by atoms with Crippen molar-refractivity contribution in [2.45, 2.75) is 63.7 Å². The molecule has 3 aliphatic rings. The van der Waals surface area contributed by atoms with Gasteiger partial charge in [-0.15, -0.1) is 0 Å². The zero-order valence-corrected chi connectivity index (χ0v) is 28.3. The Hall–Kier alpha value is -4.08. The van der Waals surface area contributed by atoms with Gasteiger partial charge in [0.2, 0.25) is 18.4 Å². The fraction of sp³-hybridized carbons (Fsp3) is 0.514. The van der Waals surface area contributed by atoms with E-state index in [1.807, 2.05) is 45.3 Å². The highest BCUT2D eigenvalue weighted by Gasteiger charge is 2.48. The van der Waals surface area contributed by atoms with Gasteiger partial charge in [0.15, 0.2) is 0 Å². The number of aromatic nitrogens is 3. The molecule has 10 nitrogen and oxygen atoms in total. The lowest BCUT2D eigenvalue weighted by Crippen LogP contribution is -2.56. The van der Waals surface area contributed by atoms with E-state index in [-0.39, 0.29) is 62.0 Å². The number of fused-ring (bicyclic) bond motifs is 2. The zero-order chi connectivity index (χ0) is 34.2. The van der Waals surface area contributed by atoms with Crippen molar-refractivity contribution in [1.82, 2.24) is 24.8 Å². The van der Waals surface area contributed by atoms with Gasteiger partial charge in [-0.3, -0.25) is 14.7 Å². The normalized spacial score (nSPS) is 20.5. The smallest absolute Gasteiger partial charge is 0.318 e. The maximum atomic E-state index is 13.6. The molecule has 2 aliphatic heterocycles. The Morgan fingerprint density at radius 1 is 1.23 bits per heavy atom. The molecule has 254 valence electrons. The van der Waals surface area contributed by atoms with Crippen LogP contribution in [0.1, 0.15) is 37.9 Å². The highest BCUT2D eigenvalue weighted by atomic mass is 35.5. The largest absolute Gasteiger partial charge is 0.462 e. The lowest BCUT2D eigenvalue weighted by atomic mass is 9.76. The molecule has 1 amide bonds. The van der Waals surface area contributed by atoms with Gasteiger partial charge in [0.05, 0.1) is 29.1 Å². The highest BCUT2D eigenvalue weighted by Crippen LogP contribution is 2.45. The molecule has 48 heavy (non-hydrogen) atoms. The number of benzene rings is 1. The van der Waals surface area contributed by atoms with Crippen LogP contribution in [0.5, 0.6) is 6.01 Å². The van der Waals surface area contributed by atoms with Crippen LogP contribution in [0.3, 0.4) is 0 Å². The van der Waals surface area contributed by atoms with Gasteiger partial charge in [0.1, 0.15) is 18.5 Å². The van der Waals surface area contributed by atoms with E-state index in [4.69, 9.17) is 32.9 Å². The lowest BCUT2D eigenvalue weighted by molar-refractivity contribution is -0.130. The van der Waals surface area contributed by atoms with E-state index in [9.17, 15) is 13.6 Å². The van der Waals surface area contributed by atoms with Crippen molar-refractivity contribution in [3.63, 3.8) is 0 Å². The minimum atomic E-state index is -2.56. The SMILES string of the molecule is [C-]#[N+]C[C@H]1CN(c2nc(OC[C@@H](C)N(C)[C@H](C)C3CC(F)(F)C3)nc3c2CCN(c2cncc4cccc(Cl)c24)C3)CCN1C(=O)C=C. The van der Waals surface area contributed by atoms with E-state index in [2.05, 4.69) is 31.1 Å². The molecule has 1 saturated carbocycles. The predicted octanol–water partition coefficient (Wildman–Crippen LogP) is 5.50. The molecule has 3 atom stereocenters. The van der Waals surface area contributed by atoms with Crippen molar-refractivity contribution in [1.29, 1.82) is 0 Å². The van der Waals surface area contributed by atoms with Crippen LogP contribution in [0.4, 0.5) is 20.3 Å². The van der Waals surface area contributed by atoms with Crippen LogP contribution in [0, 0.1) is 12.5 Å². The number of carbonyl (C=O) groups is 1. The molecule has 2 aromatic heterocycles. The summed E-state index contributed by atoms with van der Waals surface area (Å²) in [5, 5.41) is 2.54. The first kappa shape index (κ1) is 33.8. The zero-order valence-electron chi connectivity index (χ0n) is 27.6. The van der Waals surface area contributed by atoms with Gasteiger partial charge in [0.25, 0.3) is 0 Å². The molecule has 1 aromatic carbocycles. The van der Waals surface area contributed by atoms with Crippen LogP contribution in [-0.2, 0) is 17.8 Å². The fourth-order valence-electron chi connectivity index (χ4n) is 7.14. The summed E-state index contributed by atoms with van der Waals surface area (Å²) in [4.78, 5) is 38.7. The second-order valence-electron chi connectivity index (χ2n) is 13.2. The number of hydrogen-bond acceptors (Lipinski definition) is 8. The van der Waals surface area contributed by atoms with Gasteiger partial charge in [0, 0.05) is 73.6 Å². The summed E-state index contributed by atoms with van der Waals surface area (Å²) in [5.74, 6) is -2.06. The van der Waals surface area contributed by atoms with E-state index in [1.165, 1.54) is 6.08 Å². The minimum absolute atomic E-state index is 0.0214. The monoisotopic (exact) mass is 678 g/mol. The second-order valence-corrected chi connectivity index (χ2v) is 13.6. The molecule has 0 bridgehead atoms. The molecule has 4 heterocycles. The third-order valence-corrected chi connectivity index (χ3v) is 10.5. The number of likely N-dealkylation sites (N-methyl/N-ethyl adjacent to an activating group) is 1. The summed E-state index contributed by atoms with van der Waals surface area (Å²) >= 11 is 6.68. The molecule has 3 aromatic rings. The van der Waals surface area contributed by atoms with Gasteiger partial charge in [-0.25, -0.2) is 15.4 Å². The topological polar surface area (TPSA) is 82.3 Å². The van der Waals surface area contributed by atoms with Crippen molar-refractivity contribution in [3.05, 3.63) is 70.9 Å². The van der Waals surface area contributed by atoms with Crippen molar-refractivity contribution in [3.8, 4) is 6.01 Å². The molecule has 1 saturated heterocycles. The third-order valence-electron chi connectivity index (χ3n) is 10.2. The number of piperazine rings is 1. The summed E-state index contributed by atoms with van der Waals surface area (Å²) in [7, 11) is 1.94. The first-order valence-electron chi connectivity index (χ1n) is 16.4. The quantitative estimate of drug-likeness (QED) is 0.206. The van der Waals surface area contributed by atoms with Crippen molar-refractivity contribution in [2.24, 2.45) is 5.92 Å². The van der Waals surface area contributed by atoms with E-state index < -0.39 is 5.92 Å². The number of halogens is 3. The van der Waals surface area contributed by atoms with Gasteiger partial charge in [-0.1, -0.05) is 30.3 Å². The Morgan fingerprint density at radius 2 is 2.02 bits per heavy atom. The molecule has 1 aliphatic carbocycles. The molecule has 0 N–H and O–H groups in total. The van der Waals surface area contributed by atoms with E-state index >= 15 is 0 Å². The molecule has 0 unspecified atom stereocenters. The average molecular weight is 679 g/mol.